The van der Waals surface area contributed by atoms with E-state index < -0.39 is 15.9 Å². The first-order valence-electron chi connectivity index (χ1n) is 8.80. The summed E-state index contributed by atoms with van der Waals surface area (Å²) < 4.78 is 27.0. The molecule has 8 nitrogen and oxygen atoms in total. The van der Waals surface area contributed by atoms with Crippen molar-refractivity contribution in [3.8, 4) is 0 Å². The molecule has 0 aliphatic carbocycles. The van der Waals surface area contributed by atoms with Gasteiger partial charge in [-0.15, -0.1) is 0 Å². The van der Waals surface area contributed by atoms with Crippen LogP contribution < -0.4 is 15.4 Å². The number of amidine groups is 1. The Morgan fingerprint density at radius 1 is 1.17 bits per heavy atom. The van der Waals surface area contributed by atoms with Gasteiger partial charge in [0.05, 0.1) is 10.6 Å². The van der Waals surface area contributed by atoms with Crippen LogP contribution in [0.5, 0.6) is 0 Å². The van der Waals surface area contributed by atoms with Crippen LogP contribution >= 0.6 is 11.3 Å². The second kappa shape index (κ2) is 9.42. The molecule has 0 aliphatic heterocycles. The maximum absolute atomic E-state index is 12.9. The molecule has 0 aliphatic rings. The lowest BCUT2D eigenvalue weighted by molar-refractivity contribution is -0.120. The van der Waals surface area contributed by atoms with Crippen molar-refractivity contribution >= 4 is 44.5 Å². The standard InChI is InChI=1S/C20H20N4O4S2/c1-24(17-7-3-2-4-8-17)30(26,27)18-9-5-6-16(12-18)22-19(25)13-28-23-20(21)15-10-11-29-14-15/h2-12,14H,13H2,1H3,(H2,21,23)(H,22,25). The number of hydrogen-bond acceptors (Lipinski definition) is 6. The number of hydrogen-bond donors (Lipinski definition) is 2. The molecule has 0 unspecified atom stereocenters. The number of nitrogens with two attached hydrogens (primary N) is 1. The second-order valence-corrected chi connectivity index (χ2v) is 8.90. The molecule has 10 heteroatoms. The third-order valence-corrected chi connectivity index (χ3v) is 6.54. The van der Waals surface area contributed by atoms with Gasteiger partial charge < -0.3 is 15.9 Å². The lowest BCUT2D eigenvalue weighted by Crippen LogP contribution is -2.26. The van der Waals surface area contributed by atoms with Gasteiger partial charge in [0, 0.05) is 23.7 Å². The van der Waals surface area contributed by atoms with Gasteiger partial charge in [-0.3, -0.25) is 9.10 Å². The van der Waals surface area contributed by atoms with E-state index in [1.807, 2.05) is 5.38 Å². The number of amides is 1. The van der Waals surface area contributed by atoms with Crippen LogP contribution in [0.1, 0.15) is 5.56 Å². The van der Waals surface area contributed by atoms with Crippen molar-refractivity contribution in [2.75, 3.05) is 23.3 Å². The van der Waals surface area contributed by atoms with Crippen molar-refractivity contribution in [1.29, 1.82) is 0 Å². The Kier molecular flexibility index (Phi) is 6.70. The average molecular weight is 445 g/mol. The molecular weight excluding hydrogens is 424 g/mol. The van der Waals surface area contributed by atoms with E-state index in [2.05, 4.69) is 10.5 Å². The molecule has 0 radical (unpaired) electrons. The smallest absolute Gasteiger partial charge is 0.265 e. The van der Waals surface area contributed by atoms with Crippen molar-refractivity contribution in [2.24, 2.45) is 10.9 Å². The number of oxime groups is 1. The minimum atomic E-state index is -3.79. The van der Waals surface area contributed by atoms with Gasteiger partial charge in [0.1, 0.15) is 0 Å². The lowest BCUT2D eigenvalue weighted by Gasteiger charge is -2.19. The zero-order valence-corrected chi connectivity index (χ0v) is 17.7. The molecular formula is C20H20N4O4S2. The number of benzene rings is 2. The van der Waals surface area contributed by atoms with Crippen LogP contribution in [0.2, 0.25) is 0 Å². The Morgan fingerprint density at radius 3 is 2.63 bits per heavy atom. The Balaban J connectivity index is 1.65. The van der Waals surface area contributed by atoms with Crippen LogP contribution in [0.25, 0.3) is 0 Å². The third kappa shape index (κ3) is 5.16. The molecule has 3 rings (SSSR count). The molecule has 0 spiro atoms. The largest absolute Gasteiger partial charge is 0.384 e. The highest BCUT2D eigenvalue weighted by atomic mass is 32.2. The zero-order chi connectivity index (χ0) is 21.6. The summed E-state index contributed by atoms with van der Waals surface area (Å²) in [6.45, 7) is -0.369. The minimum Gasteiger partial charge on any atom is -0.384 e. The SMILES string of the molecule is CN(c1ccccc1)S(=O)(=O)c1cccc(NC(=O)CO/N=C(/N)c2ccsc2)c1. The van der Waals surface area contributed by atoms with Crippen LogP contribution in [0.4, 0.5) is 11.4 Å². The summed E-state index contributed by atoms with van der Waals surface area (Å²) in [5.41, 5.74) is 7.31. The van der Waals surface area contributed by atoms with Crippen LogP contribution in [0.15, 0.2) is 81.5 Å². The summed E-state index contributed by atoms with van der Waals surface area (Å²) in [4.78, 5) is 17.1. The molecule has 0 bridgehead atoms. The highest BCUT2D eigenvalue weighted by Crippen LogP contribution is 2.23. The summed E-state index contributed by atoms with van der Waals surface area (Å²) in [6, 6.07) is 16.5. The van der Waals surface area contributed by atoms with Gasteiger partial charge in [-0.25, -0.2) is 8.42 Å². The predicted molar refractivity (Wildman–Crippen MR) is 118 cm³/mol. The van der Waals surface area contributed by atoms with E-state index in [1.54, 1.807) is 53.9 Å². The van der Waals surface area contributed by atoms with E-state index >= 15 is 0 Å². The summed E-state index contributed by atoms with van der Waals surface area (Å²) in [5.74, 6) is -0.330. The molecule has 30 heavy (non-hydrogen) atoms. The number of nitrogens with one attached hydrogen (secondary N) is 1. The number of thiophene rings is 1. The monoisotopic (exact) mass is 444 g/mol. The van der Waals surface area contributed by atoms with E-state index in [9.17, 15) is 13.2 Å². The molecule has 0 atom stereocenters. The second-order valence-electron chi connectivity index (χ2n) is 6.15. The van der Waals surface area contributed by atoms with E-state index in [4.69, 9.17) is 10.6 Å². The maximum Gasteiger partial charge on any atom is 0.265 e. The number of rotatable bonds is 8. The van der Waals surface area contributed by atoms with E-state index in [-0.39, 0.29) is 17.3 Å². The first kappa shape index (κ1) is 21.3. The van der Waals surface area contributed by atoms with Crippen molar-refractivity contribution in [2.45, 2.75) is 4.90 Å². The number of carbonyl (C=O) groups excluding carboxylic acids is 1. The molecule has 156 valence electrons. The number of sulfonamides is 1. The van der Waals surface area contributed by atoms with Crippen LogP contribution in [0, 0.1) is 0 Å². The molecule has 1 amide bonds. The summed E-state index contributed by atoms with van der Waals surface area (Å²) >= 11 is 1.46. The van der Waals surface area contributed by atoms with Gasteiger partial charge in [0.15, 0.2) is 12.4 Å². The highest BCUT2D eigenvalue weighted by Gasteiger charge is 2.21. The lowest BCUT2D eigenvalue weighted by atomic mass is 10.3. The van der Waals surface area contributed by atoms with Gasteiger partial charge in [-0.1, -0.05) is 29.4 Å². The van der Waals surface area contributed by atoms with Crippen molar-refractivity contribution in [1.82, 2.24) is 0 Å². The molecule has 0 saturated heterocycles. The third-order valence-electron chi connectivity index (χ3n) is 4.07. The van der Waals surface area contributed by atoms with Crippen molar-refractivity contribution < 1.29 is 18.0 Å². The molecule has 3 aromatic rings. The topological polar surface area (TPSA) is 114 Å². The molecule has 1 aromatic heterocycles. The predicted octanol–water partition coefficient (Wildman–Crippen LogP) is 2.85. The number of anilines is 2. The Labute approximate surface area is 178 Å². The van der Waals surface area contributed by atoms with Crippen LogP contribution in [-0.4, -0.2) is 33.8 Å². The van der Waals surface area contributed by atoms with Gasteiger partial charge in [-0.05, 0) is 41.8 Å². The van der Waals surface area contributed by atoms with Crippen LogP contribution in [0.3, 0.4) is 0 Å². The molecule has 0 saturated carbocycles. The molecule has 3 N–H and O–H groups in total. The number of nitrogens with zero attached hydrogens (tertiary/aromatic N) is 2. The maximum atomic E-state index is 12.9. The summed E-state index contributed by atoms with van der Waals surface area (Å²) in [7, 11) is -2.32. The van der Waals surface area contributed by atoms with E-state index in [0.717, 1.165) is 0 Å². The van der Waals surface area contributed by atoms with Crippen LogP contribution in [-0.2, 0) is 19.7 Å². The normalized spacial score (nSPS) is 11.7. The Bertz CT molecular complexity index is 1130. The Hall–Kier alpha value is -3.37. The highest BCUT2D eigenvalue weighted by molar-refractivity contribution is 7.92. The van der Waals surface area contributed by atoms with Crippen molar-refractivity contribution in [3.05, 3.63) is 77.0 Å². The molecule has 2 aromatic carbocycles. The molecule has 0 fully saturated rings. The fourth-order valence-electron chi connectivity index (χ4n) is 2.49. The summed E-state index contributed by atoms with van der Waals surface area (Å²) in [5, 5.41) is 9.94. The van der Waals surface area contributed by atoms with Crippen molar-refractivity contribution in [3.63, 3.8) is 0 Å². The fourth-order valence-corrected chi connectivity index (χ4v) is 4.38. The summed E-state index contributed by atoms with van der Waals surface area (Å²) in [6.07, 6.45) is 0. The number of carbonyl (C=O) groups is 1. The Morgan fingerprint density at radius 2 is 1.93 bits per heavy atom. The van der Waals surface area contributed by atoms with E-state index in [0.29, 0.717) is 16.9 Å². The van der Waals surface area contributed by atoms with Gasteiger partial charge in [-0.2, -0.15) is 11.3 Å². The minimum absolute atomic E-state index is 0.0484. The number of para-hydroxylation sites is 1. The van der Waals surface area contributed by atoms with Gasteiger partial charge >= 0.3 is 0 Å². The van der Waals surface area contributed by atoms with Gasteiger partial charge in [0.25, 0.3) is 15.9 Å². The van der Waals surface area contributed by atoms with Gasteiger partial charge in [0.2, 0.25) is 0 Å². The fraction of sp³-hybridized carbons (Fsp3) is 0.100. The molecule has 1 heterocycles. The first-order chi connectivity index (χ1) is 14.4. The first-order valence-corrected chi connectivity index (χ1v) is 11.2. The zero-order valence-electron chi connectivity index (χ0n) is 16.1. The quantitative estimate of drug-likeness (QED) is 0.315. The average Bonchev–Trinajstić information content (AvgIpc) is 3.29. The van der Waals surface area contributed by atoms with E-state index in [1.165, 1.54) is 34.8 Å².